The Morgan fingerprint density at radius 2 is 2.00 bits per heavy atom. The van der Waals surface area contributed by atoms with Gasteiger partial charge in [0.1, 0.15) is 5.69 Å². The van der Waals surface area contributed by atoms with Crippen LogP contribution in [0, 0.1) is 6.92 Å². The first-order valence-electron chi connectivity index (χ1n) is 8.06. The van der Waals surface area contributed by atoms with Crippen molar-refractivity contribution in [1.82, 2.24) is 9.78 Å². The normalized spacial score (nSPS) is 12.8. The van der Waals surface area contributed by atoms with Crippen molar-refractivity contribution in [2.24, 2.45) is 0 Å². The molecule has 0 unspecified atom stereocenters. The molecule has 1 amide bonds. The van der Waals surface area contributed by atoms with E-state index in [0.29, 0.717) is 12.2 Å². The Labute approximate surface area is 135 Å². The third-order valence-corrected chi connectivity index (χ3v) is 4.56. The van der Waals surface area contributed by atoms with Gasteiger partial charge in [-0.3, -0.25) is 9.48 Å². The van der Waals surface area contributed by atoms with Crippen molar-refractivity contribution in [2.75, 3.05) is 5.32 Å². The van der Waals surface area contributed by atoms with E-state index in [4.69, 9.17) is 0 Å². The Morgan fingerprint density at radius 1 is 1.22 bits per heavy atom. The molecule has 3 aromatic rings. The first kappa shape index (κ1) is 14.0. The van der Waals surface area contributed by atoms with Crippen LogP contribution in [-0.2, 0) is 19.4 Å². The highest BCUT2D eigenvalue weighted by molar-refractivity contribution is 6.09. The van der Waals surface area contributed by atoms with Gasteiger partial charge in [-0.1, -0.05) is 24.3 Å². The molecule has 0 aliphatic heterocycles. The van der Waals surface area contributed by atoms with Gasteiger partial charge in [-0.2, -0.15) is 5.10 Å². The van der Waals surface area contributed by atoms with Crippen molar-refractivity contribution in [2.45, 2.75) is 33.2 Å². The molecule has 1 aliphatic rings. The third kappa shape index (κ3) is 2.22. The summed E-state index contributed by atoms with van der Waals surface area (Å²) < 4.78 is 1.74. The second-order valence-electron chi connectivity index (χ2n) is 6.05. The lowest BCUT2D eigenvalue weighted by Gasteiger charge is -2.11. The monoisotopic (exact) mass is 305 g/mol. The lowest BCUT2D eigenvalue weighted by molar-refractivity contribution is 0.101. The van der Waals surface area contributed by atoms with E-state index >= 15 is 0 Å². The molecule has 1 heterocycles. The Kier molecular flexibility index (Phi) is 3.18. The van der Waals surface area contributed by atoms with Crippen LogP contribution < -0.4 is 5.32 Å². The number of nitrogens with zero attached hydrogens (tertiary/aromatic N) is 2. The maximum Gasteiger partial charge on any atom is 0.273 e. The largest absolute Gasteiger partial charge is 0.320 e. The maximum absolute atomic E-state index is 12.7. The predicted molar refractivity (Wildman–Crippen MR) is 91.9 cm³/mol. The summed E-state index contributed by atoms with van der Waals surface area (Å²) in [5.41, 5.74) is 5.09. The number of aromatic nitrogens is 2. The lowest BCUT2D eigenvalue weighted by Crippen LogP contribution is -2.17. The van der Waals surface area contributed by atoms with Gasteiger partial charge >= 0.3 is 0 Å². The van der Waals surface area contributed by atoms with Crippen LogP contribution in [0.2, 0.25) is 0 Å². The molecule has 0 saturated carbocycles. The molecular formula is C19H19N3O. The number of carbonyl (C=O) groups is 1. The summed E-state index contributed by atoms with van der Waals surface area (Å²) in [7, 11) is 0. The fraction of sp³-hybridized carbons (Fsp3) is 0.263. The summed E-state index contributed by atoms with van der Waals surface area (Å²) in [6.07, 6.45) is 2.18. The van der Waals surface area contributed by atoms with Crippen LogP contribution in [0.3, 0.4) is 0 Å². The topological polar surface area (TPSA) is 46.9 Å². The molecule has 0 spiro atoms. The second-order valence-corrected chi connectivity index (χ2v) is 6.05. The third-order valence-electron chi connectivity index (χ3n) is 4.56. The molecule has 0 radical (unpaired) electrons. The molecule has 0 saturated heterocycles. The zero-order valence-electron chi connectivity index (χ0n) is 13.4. The summed E-state index contributed by atoms with van der Waals surface area (Å²) in [5, 5.41) is 9.86. The Balaban J connectivity index is 1.75. The molecule has 4 nitrogen and oxygen atoms in total. The number of anilines is 1. The van der Waals surface area contributed by atoms with Gasteiger partial charge in [0.15, 0.2) is 0 Å². The molecule has 4 heteroatoms. The SMILES string of the molecule is CCn1nc(C)cc1C(=O)Nc1ccc2c3c(cccc13)CC2. The minimum Gasteiger partial charge on any atom is -0.320 e. The molecule has 0 atom stereocenters. The average Bonchev–Trinajstić information content (AvgIpc) is 3.14. The van der Waals surface area contributed by atoms with Gasteiger partial charge in [0.2, 0.25) is 0 Å². The van der Waals surface area contributed by atoms with E-state index in [1.807, 2.05) is 26.0 Å². The molecule has 23 heavy (non-hydrogen) atoms. The van der Waals surface area contributed by atoms with Crippen LogP contribution in [0.15, 0.2) is 36.4 Å². The Morgan fingerprint density at radius 3 is 2.78 bits per heavy atom. The Hall–Kier alpha value is -2.62. The van der Waals surface area contributed by atoms with E-state index in [0.717, 1.165) is 29.6 Å². The maximum atomic E-state index is 12.7. The summed E-state index contributed by atoms with van der Waals surface area (Å²) in [6.45, 7) is 4.57. The predicted octanol–water partition coefficient (Wildman–Crippen LogP) is 3.72. The van der Waals surface area contributed by atoms with Gasteiger partial charge in [-0.25, -0.2) is 0 Å². The van der Waals surface area contributed by atoms with Crippen molar-refractivity contribution in [3.8, 4) is 0 Å². The van der Waals surface area contributed by atoms with Crippen LogP contribution >= 0.6 is 0 Å². The smallest absolute Gasteiger partial charge is 0.273 e. The zero-order chi connectivity index (χ0) is 16.0. The van der Waals surface area contributed by atoms with Crippen LogP contribution in [0.5, 0.6) is 0 Å². The highest BCUT2D eigenvalue weighted by Crippen LogP contribution is 2.35. The second kappa shape index (κ2) is 5.23. The molecule has 4 rings (SSSR count). The molecule has 0 bridgehead atoms. The molecule has 1 aromatic heterocycles. The number of carbonyl (C=O) groups excluding carboxylic acids is 1. The average molecular weight is 305 g/mol. The van der Waals surface area contributed by atoms with E-state index in [2.05, 4.69) is 34.7 Å². The quantitative estimate of drug-likeness (QED) is 0.801. The van der Waals surface area contributed by atoms with Gasteiger partial charge in [0, 0.05) is 17.6 Å². The highest BCUT2D eigenvalue weighted by atomic mass is 16.2. The number of hydrogen-bond acceptors (Lipinski definition) is 2. The summed E-state index contributed by atoms with van der Waals surface area (Å²) in [5.74, 6) is -0.105. The van der Waals surface area contributed by atoms with Crippen molar-refractivity contribution in [3.63, 3.8) is 0 Å². The van der Waals surface area contributed by atoms with Crippen molar-refractivity contribution < 1.29 is 4.79 Å². The molecule has 1 N–H and O–H groups in total. The minimum absolute atomic E-state index is 0.105. The van der Waals surface area contributed by atoms with Crippen LogP contribution in [0.25, 0.3) is 10.8 Å². The first-order valence-corrected chi connectivity index (χ1v) is 8.06. The standard InChI is InChI=1S/C19H19N3O/c1-3-22-17(11-12(2)21-22)19(23)20-16-10-9-14-8-7-13-5-4-6-15(16)18(13)14/h4-6,9-11H,3,7-8H2,1-2H3,(H,20,23). The fourth-order valence-corrected chi connectivity index (χ4v) is 3.51. The number of aryl methyl sites for hydroxylation is 4. The van der Waals surface area contributed by atoms with Gasteiger partial charge in [-0.05, 0) is 55.3 Å². The zero-order valence-corrected chi connectivity index (χ0v) is 13.4. The molecule has 116 valence electrons. The fourth-order valence-electron chi connectivity index (χ4n) is 3.51. The first-order chi connectivity index (χ1) is 11.2. The molecule has 2 aromatic carbocycles. The van der Waals surface area contributed by atoms with Crippen molar-refractivity contribution in [3.05, 3.63) is 58.9 Å². The van der Waals surface area contributed by atoms with E-state index in [1.54, 1.807) is 4.68 Å². The van der Waals surface area contributed by atoms with Crippen LogP contribution in [-0.4, -0.2) is 15.7 Å². The van der Waals surface area contributed by atoms with E-state index in [-0.39, 0.29) is 5.91 Å². The number of hydrogen-bond donors (Lipinski definition) is 1. The Bertz CT molecular complexity index is 914. The van der Waals surface area contributed by atoms with Crippen LogP contribution in [0.1, 0.15) is 34.2 Å². The van der Waals surface area contributed by atoms with Gasteiger partial charge in [0.05, 0.1) is 5.69 Å². The van der Waals surface area contributed by atoms with Crippen LogP contribution in [0.4, 0.5) is 5.69 Å². The number of nitrogens with one attached hydrogen (secondary N) is 1. The summed E-state index contributed by atoms with van der Waals surface area (Å²) in [4.78, 5) is 12.7. The van der Waals surface area contributed by atoms with Gasteiger partial charge in [-0.15, -0.1) is 0 Å². The molecule has 0 fully saturated rings. The molecular weight excluding hydrogens is 286 g/mol. The van der Waals surface area contributed by atoms with E-state index in [1.165, 1.54) is 16.5 Å². The summed E-state index contributed by atoms with van der Waals surface area (Å²) >= 11 is 0. The highest BCUT2D eigenvalue weighted by Gasteiger charge is 2.18. The lowest BCUT2D eigenvalue weighted by atomic mass is 10.0. The van der Waals surface area contributed by atoms with E-state index in [9.17, 15) is 4.79 Å². The number of amides is 1. The number of rotatable bonds is 3. The summed E-state index contributed by atoms with van der Waals surface area (Å²) in [6, 6.07) is 12.3. The van der Waals surface area contributed by atoms with Gasteiger partial charge < -0.3 is 5.32 Å². The van der Waals surface area contributed by atoms with Crippen molar-refractivity contribution >= 4 is 22.4 Å². The minimum atomic E-state index is -0.105. The number of benzene rings is 2. The van der Waals surface area contributed by atoms with E-state index < -0.39 is 0 Å². The van der Waals surface area contributed by atoms with Gasteiger partial charge in [0.25, 0.3) is 5.91 Å². The molecule has 1 aliphatic carbocycles. The van der Waals surface area contributed by atoms with Crippen molar-refractivity contribution in [1.29, 1.82) is 0 Å².